The number of aliphatic imine (C=N–C) groups is 1. The van der Waals surface area contributed by atoms with Crippen LogP contribution in [0.25, 0.3) is 0 Å². The van der Waals surface area contributed by atoms with E-state index in [9.17, 15) is 4.79 Å². The molecule has 0 radical (unpaired) electrons. The van der Waals surface area contributed by atoms with Crippen molar-refractivity contribution < 1.29 is 4.79 Å². The topological polar surface area (TPSA) is 79.5 Å². The molecule has 0 aliphatic carbocycles. The molecule has 0 rings (SSSR count). The molecule has 5 heteroatoms. The Morgan fingerprint density at radius 1 is 1.28 bits per heavy atom. The van der Waals surface area contributed by atoms with Gasteiger partial charge in [-0.3, -0.25) is 9.79 Å². The van der Waals surface area contributed by atoms with Gasteiger partial charge in [-0.15, -0.1) is 0 Å². The van der Waals surface area contributed by atoms with E-state index in [2.05, 4.69) is 36.4 Å². The SMILES string of the molecule is CC(=O)NCCN=C(N)NC(C)CCCC(C)C. The van der Waals surface area contributed by atoms with E-state index in [1.165, 1.54) is 19.8 Å². The third-order valence-corrected chi connectivity index (χ3v) is 2.58. The maximum atomic E-state index is 10.6. The lowest BCUT2D eigenvalue weighted by molar-refractivity contribution is -0.118. The molecule has 0 aliphatic heterocycles. The average Bonchev–Trinajstić information content (AvgIpc) is 2.23. The quantitative estimate of drug-likeness (QED) is 0.347. The molecule has 106 valence electrons. The first kappa shape index (κ1) is 16.7. The molecule has 0 spiro atoms. The number of nitrogens with two attached hydrogens (primary N) is 1. The Morgan fingerprint density at radius 2 is 1.94 bits per heavy atom. The standard InChI is InChI=1S/C13H28N4O/c1-10(2)6-5-7-11(3)17-13(14)16-9-8-15-12(4)18/h10-11H,5-9H2,1-4H3,(H,15,18)(H3,14,16,17). The first-order valence-corrected chi connectivity index (χ1v) is 6.72. The highest BCUT2D eigenvalue weighted by Crippen LogP contribution is 2.07. The third kappa shape index (κ3) is 11.2. The third-order valence-electron chi connectivity index (χ3n) is 2.58. The number of carbonyl (C=O) groups is 1. The molecule has 18 heavy (non-hydrogen) atoms. The number of rotatable bonds is 8. The molecule has 0 aromatic carbocycles. The molecule has 0 fully saturated rings. The van der Waals surface area contributed by atoms with Gasteiger partial charge in [0.2, 0.25) is 5.91 Å². The van der Waals surface area contributed by atoms with Gasteiger partial charge < -0.3 is 16.4 Å². The van der Waals surface area contributed by atoms with E-state index < -0.39 is 0 Å². The second kappa shape index (κ2) is 9.74. The fourth-order valence-electron chi connectivity index (χ4n) is 1.61. The minimum atomic E-state index is -0.0428. The second-order valence-electron chi connectivity index (χ2n) is 5.12. The Kier molecular flexibility index (Phi) is 9.06. The molecule has 0 aliphatic rings. The lowest BCUT2D eigenvalue weighted by Crippen LogP contribution is -2.39. The Bertz CT molecular complexity index is 264. The largest absolute Gasteiger partial charge is 0.370 e. The predicted octanol–water partition coefficient (Wildman–Crippen LogP) is 1.24. The van der Waals surface area contributed by atoms with Crippen molar-refractivity contribution in [3.8, 4) is 0 Å². The normalized spacial score (nSPS) is 13.5. The fraction of sp³-hybridized carbons (Fsp3) is 0.846. The summed E-state index contributed by atoms with van der Waals surface area (Å²) in [6, 6.07) is 0.341. The van der Waals surface area contributed by atoms with Crippen LogP contribution in [0.15, 0.2) is 4.99 Å². The van der Waals surface area contributed by atoms with Gasteiger partial charge in [-0.2, -0.15) is 0 Å². The summed E-state index contributed by atoms with van der Waals surface area (Å²) in [4.78, 5) is 14.8. The Balaban J connectivity index is 3.67. The summed E-state index contributed by atoms with van der Waals surface area (Å²) in [6.45, 7) is 9.10. The summed E-state index contributed by atoms with van der Waals surface area (Å²) < 4.78 is 0. The van der Waals surface area contributed by atoms with E-state index in [0.29, 0.717) is 25.1 Å². The summed E-state index contributed by atoms with van der Waals surface area (Å²) in [7, 11) is 0. The van der Waals surface area contributed by atoms with Crippen LogP contribution in [0.2, 0.25) is 0 Å². The molecule has 0 heterocycles. The van der Waals surface area contributed by atoms with Crippen LogP contribution in [0.5, 0.6) is 0 Å². The maximum Gasteiger partial charge on any atom is 0.216 e. The molecule has 0 aromatic rings. The van der Waals surface area contributed by atoms with Crippen LogP contribution < -0.4 is 16.4 Å². The summed E-state index contributed by atoms with van der Waals surface area (Å²) in [5.41, 5.74) is 5.75. The van der Waals surface area contributed by atoms with E-state index in [0.717, 1.165) is 12.3 Å². The van der Waals surface area contributed by atoms with E-state index in [1.54, 1.807) is 0 Å². The van der Waals surface area contributed by atoms with Gasteiger partial charge in [-0.05, 0) is 19.3 Å². The van der Waals surface area contributed by atoms with E-state index in [4.69, 9.17) is 5.73 Å². The second-order valence-corrected chi connectivity index (χ2v) is 5.12. The van der Waals surface area contributed by atoms with Crippen molar-refractivity contribution in [1.29, 1.82) is 0 Å². The number of guanidine groups is 1. The van der Waals surface area contributed by atoms with Crippen molar-refractivity contribution in [1.82, 2.24) is 10.6 Å². The van der Waals surface area contributed by atoms with Gasteiger partial charge in [0.25, 0.3) is 0 Å². The van der Waals surface area contributed by atoms with Crippen LogP contribution >= 0.6 is 0 Å². The summed E-state index contributed by atoms with van der Waals surface area (Å²) in [5, 5.41) is 5.83. The Labute approximate surface area is 111 Å². The van der Waals surface area contributed by atoms with Crippen molar-refractivity contribution in [2.45, 2.75) is 53.0 Å². The number of nitrogens with one attached hydrogen (secondary N) is 2. The molecule has 4 N–H and O–H groups in total. The van der Waals surface area contributed by atoms with Crippen LogP contribution in [0.3, 0.4) is 0 Å². The van der Waals surface area contributed by atoms with Gasteiger partial charge in [0, 0.05) is 19.5 Å². The van der Waals surface area contributed by atoms with Crippen LogP contribution in [0.1, 0.15) is 47.0 Å². The van der Waals surface area contributed by atoms with Crippen molar-refractivity contribution in [2.75, 3.05) is 13.1 Å². The van der Waals surface area contributed by atoms with Gasteiger partial charge in [0.15, 0.2) is 5.96 Å². The number of carbonyl (C=O) groups excluding carboxylic acids is 1. The molecule has 1 atom stereocenters. The summed E-state index contributed by atoms with van der Waals surface area (Å²) >= 11 is 0. The van der Waals surface area contributed by atoms with Crippen molar-refractivity contribution >= 4 is 11.9 Å². The highest BCUT2D eigenvalue weighted by molar-refractivity contribution is 5.78. The minimum Gasteiger partial charge on any atom is -0.370 e. The number of amides is 1. The van der Waals surface area contributed by atoms with E-state index >= 15 is 0 Å². The lowest BCUT2D eigenvalue weighted by Gasteiger charge is -2.15. The zero-order chi connectivity index (χ0) is 14.0. The van der Waals surface area contributed by atoms with E-state index in [-0.39, 0.29) is 5.91 Å². The molecule has 0 bridgehead atoms. The Hall–Kier alpha value is -1.26. The fourth-order valence-corrected chi connectivity index (χ4v) is 1.61. The average molecular weight is 256 g/mol. The smallest absolute Gasteiger partial charge is 0.216 e. The minimum absolute atomic E-state index is 0.0428. The van der Waals surface area contributed by atoms with Crippen LogP contribution in [-0.2, 0) is 4.79 Å². The monoisotopic (exact) mass is 256 g/mol. The zero-order valence-electron chi connectivity index (χ0n) is 12.1. The summed E-state index contributed by atoms with van der Waals surface area (Å²) in [6.07, 6.45) is 3.54. The molecular formula is C13H28N4O. The molecule has 0 saturated heterocycles. The molecule has 5 nitrogen and oxygen atoms in total. The van der Waals surface area contributed by atoms with Gasteiger partial charge in [-0.1, -0.05) is 26.7 Å². The van der Waals surface area contributed by atoms with Gasteiger partial charge in [-0.25, -0.2) is 0 Å². The van der Waals surface area contributed by atoms with Crippen molar-refractivity contribution in [3.63, 3.8) is 0 Å². The highest BCUT2D eigenvalue weighted by Gasteiger charge is 2.03. The van der Waals surface area contributed by atoms with Gasteiger partial charge in [0.1, 0.15) is 0 Å². The first-order valence-electron chi connectivity index (χ1n) is 6.72. The molecular weight excluding hydrogens is 228 g/mol. The van der Waals surface area contributed by atoms with Crippen molar-refractivity contribution in [3.05, 3.63) is 0 Å². The summed E-state index contributed by atoms with van der Waals surface area (Å²) in [5.74, 6) is 1.16. The number of hydrogen-bond donors (Lipinski definition) is 3. The predicted molar refractivity (Wildman–Crippen MR) is 76.5 cm³/mol. The first-order chi connectivity index (χ1) is 8.41. The van der Waals surface area contributed by atoms with Gasteiger partial charge >= 0.3 is 0 Å². The number of nitrogens with zero attached hydrogens (tertiary/aromatic N) is 1. The molecule has 0 aromatic heterocycles. The zero-order valence-corrected chi connectivity index (χ0v) is 12.1. The Morgan fingerprint density at radius 3 is 2.50 bits per heavy atom. The van der Waals surface area contributed by atoms with Crippen LogP contribution in [0.4, 0.5) is 0 Å². The molecule has 0 saturated carbocycles. The number of hydrogen-bond acceptors (Lipinski definition) is 2. The van der Waals surface area contributed by atoms with Crippen LogP contribution in [-0.4, -0.2) is 31.0 Å². The maximum absolute atomic E-state index is 10.6. The molecule has 1 unspecified atom stereocenters. The lowest BCUT2D eigenvalue weighted by atomic mass is 10.0. The highest BCUT2D eigenvalue weighted by atomic mass is 16.1. The van der Waals surface area contributed by atoms with Crippen molar-refractivity contribution in [2.24, 2.45) is 16.6 Å². The van der Waals surface area contributed by atoms with E-state index in [1.807, 2.05) is 0 Å². The van der Waals surface area contributed by atoms with Gasteiger partial charge in [0.05, 0.1) is 6.54 Å². The van der Waals surface area contributed by atoms with Crippen LogP contribution in [0, 0.1) is 5.92 Å². The molecule has 1 amide bonds.